The average Bonchev–Trinajstić information content (AvgIpc) is 3.36. The number of rotatable bonds is 8. The van der Waals surface area contributed by atoms with Crippen LogP contribution in [-0.2, 0) is 9.53 Å². The number of ether oxygens (including phenoxy) is 2. The Morgan fingerprint density at radius 2 is 1.97 bits per heavy atom. The molecule has 1 fully saturated rings. The van der Waals surface area contributed by atoms with Crippen molar-refractivity contribution < 1.29 is 28.3 Å². The van der Waals surface area contributed by atoms with E-state index in [-0.39, 0.29) is 36.8 Å². The number of anilines is 2. The number of benzene rings is 2. The van der Waals surface area contributed by atoms with Gasteiger partial charge < -0.3 is 34.6 Å². The molecule has 2 aromatic rings. The van der Waals surface area contributed by atoms with E-state index in [1.165, 1.54) is 0 Å². The van der Waals surface area contributed by atoms with Crippen molar-refractivity contribution in [2.45, 2.75) is 63.1 Å². The van der Waals surface area contributed by atoms with Crippen LogP contribution in [0.25, 0.3) is 0 Å². The van der Waals surface area contributed by atoms with E-state index in [1.54, 1.807) is 61.5 Å². The predicted octanol–water partition coefficient (Wildman–Crippen LogP) is 4.52. The van der Waals surface area contributed by atoms with Crippen LogP contribution in [0.4, 0.5) is 15.5 Å². The summed E-state index contributed by atoms with van der Waals surface area (Å²) in [6, 6.07) is 11.8. The van der Waals surface area contributed by atoms with Crippen molar-refractivity contribution >= 4 is 31.6 Å². The number of hydrogen-bond donors (Lipinski definition) is 3. The van der Waals surface area contributed by atoms with Gasteiger partial charge in [-0.25, -0.2) is 0 Å². The zero-order chi connectivity index (χ0) is 27.6. The van der Waals surface area contributed by atoms with E-state index in [0.717, 1.165) is 18.4 Å². The van der Waals surface area contributed by atoms with Crippen LogP contribution >= 0.6 is 0 Å². The van der Waals surface area contributed by atoms with Crippen molar-refractivity contribution in [2.75, 3.05) is 31.3 Å². The molecule has 10 heteroatoms. The number of fused-ring (bicyclic) bond motifs is 1. The lowest BCUT2D eigenvalue weighted by Crippen LogP contribution is -2.48. The first-order valence-corrected chi connectivity index (χ1v) is 16.1. The Labute approximate surface area is 224 Å². The maximum absolute atomic E-state index is 15.8. The summed E-state index contributed by atoms with van der Waals surface area (Å²) in [6.07, 6.45) is 0.653. The third kappa shape index (κ3) is 5.87. The van der Waals surface area contributed by atoms with E-state index >= 15 is 4.11 Å². The van der Waals surface area contributed by atoms with Gasteiger partial charge in [0.15, 0.2) is 0 Å². The molecular weight excluding hydrogens is 505 g/mol. The van der Waals surface area contributed by atoms with Gasteiger partial charge in [0.25, 0.3) is 5.91 Å². The van der Waals surface area contributed by atoms with E-state index in [0.29, 0.717) is 29.2 Å². The topological polar surface area (TPSA) is 114 Å². The van der Waals surface area contributed by atoms with Crippen LogP contribution in [0.5, 0.6) is 5.75 Å². The quantitative estimate of drug-likeness (QED) is 0.256. The Kier molecular flexibility index (Phi) is 8.44. The van der Waals surface area contributed by atoms with Crippen molar-refractivity contribution in [1.29, 1.82) is 0 Å². The molecule has 4 rings (SSSR count). The van der Waals surface area contributed by atoms with Crippen LogP contribution in [-0.4, -0.2) is 62.6 Å². The van der Waals surface area contributed by atoms with E-state index in [9.17, 15) is 14.7 Å². The largest absolute Gasteiger partial charge is 0.490 e. The second kappa shape index (κ2) is 11.4. The zero-order valence-electron chi connectivity index (χ0n) is 22.4. The summed E-state index contributed by atoms with van der Waals surface area (Å²) < 4.78 is 28.1. The van der Waals surface area contributed by atoms with Gasteiger partial charge in [0, 0.05) is 54.0 Å². The molecule has 5 atom stereocenters. The predicted molar refractivity (Wildman–Crippen MR) is 147 cm³/mol. The lowest BCUT2D eigenvalue weighted by molar-refractivity contribution is -0.133. The highest BCUT2D eigenvalue weighted by molar-refractivity contribution is 6.72. The molecule has 38 heavy (non-hydrogen) atoms. The first-order valence-electron chi connectivity index (χ1n) is 13.1. The fourth-order valence-electron chi connectivity index (χ4n) is 5.70. The number of amides is 2. The number of hydrogen-bond acceptors (Lipinski definition) is 6. The molecule has 206 valence electrons. The van der Waals surface area contributed by atoms with Crippen molar-refractivity contribution in [3.63, 3.8) is 0 Å². The van der Waals surface area contributed by atoms with E-state index < -0.39 is 26.2 Å². The van der Waals surface area contributed by atoms with Crippen LogP contribution in [0.1, 0.15) is 48.2 Å². The van der Waals surface area contributed by atoms with Crippen molar-refractivity contribution in [2.24, 2.45) is 5.92 Å². The van der Waals surface area contributed by atoms with Crippen LogP contribution in [0.15, 0.2) is 42.5 Å². The normalized spacial score (nSPS) is 23.9. The van der Waals surface area contributed by atoms with Crippen LogP contribution in [0.2, 0.25) is 18.6 Å². The number of nitrogen functional groups attached to an aromatic ring is 1. The van der Waals surface area contributed by atoms with Gasteiger partial charge in [0.05, 0.1) is 18.8 Å². The molecule has 4 N–H and O–H groups in total. The molecule has 1 unspecified atom stereocenters. The summed E-state index contributed by atoms with van der Waals surface area (Å²) in [5.41, 5.74) is 7.52. The number of methoxy groups -OCH3 is 1. The van der Waals surface area contributed by atoms with Gasteiger partial charge in [-0.05, 0) is 68.4 Å². The number of likely N-dealkylation sites (tertiary alicyclic amines) is 1. The molecule has 0 bridgehead atoms. The summed E-state index contributed by atoms with van der Waals surface area (Å²) in [5.74, 6) is -0.104. The SMILES string of the molecule is CO[C@@H]1c2cc(NC(=O)c3ccc(N)cc3)ccc2O[C@H](C(CC(=O)N2CCC[C@H]2CO)[Si](C)(C)F)[C@H]1C. The molecule has 0 spiro atoms. The highest BCUT2D eigenvalue weighted by atomic mass is 28.4. The fraction of sp³-hybridized carbons (Fsp3) is 0.500. The Bertz CT molecular complexity index is 1160. The third-order valence-electron chi connectivity index (χ3n) is 7.84. The number of carbonyl (C=O) groups excluding carboxylic acids is 2. The van der Waals surface area contributed by atoms with Crippen molar-refractivity contribution in [3.8, 4) is 5.75 Å². The molecule has 0 radical (unpaired) electrons. The van der Waals surface area contributed by atoms with E-state index in [2.05, 4.69) is 5.32 Å². The second-order valence-electron chi connectivity index (χ2n) is 10.9. The molecule has 1 saturated heterocycles. The number of halogens is 1. The monoisotopic (exact) mass is 543 g/mol. The second-order valence-corrected chi connectivity index (χ2v) is 14.7. The summed E-state index contributed by atoms with van der Waals surface area (Å²) in [4.78, 5) is 27.6. The number of carbonyl (C=O) groups is 2. The molecule has 2 aliphatic rings. The van der Waals surface area contributed by atoms with Gasteiger partial charge in [-0.1, -0.05) is 6.92 Å². The summed E-state index contributed by atoms with van der Waals surface area (Å²) in [7, 11) is -1.76. The first kappa shape index (κ1) is 28.1. The van der Waals surface area contributed by atoms with Crippen molar-refractivity contribution in [3.05, 3.63) is 53.6 Å². The molecule has 2 aromatic carbocycles. The zero-order valence-corrected chi connectivity index (χ0v) is 23.4. The molecule has 2 amide bonds. The Balaban J connectivity index is 1.57. The minimum atomic E-state index is -3.36. The number of nitrogens with two attached hydrogens (primary N) is 1. The van der Waals surface area contributed by atoms with Gasteiger partial charge in [0.2, 0.25) is 14.3 Å². The van der Waals surface area contributed by atoms with Gasteiger partial charge in [-0.15, -0.1) is 0 Å². The van der Waals surface area contributed by atoms with Crippen molar-refractivity contribution in [1.82, 2.24) is 4.90 Å². The smallest absolute Gasteiger partial charge is 0.255 e. The molecule has 0 saturated carbocycles. The molecule has 2 aliphatic heterocycles. The van der Waals surface area contributed by atoms with E-state index in [1.807, 2.05) is 13.0 Å². The summed E-state index contributed by atoms with van der Waals surface area (Å²) >= 11 is 0. The molecule has 8 nitrogen and oxygen atoms in total. The maximum atomic E-state index is 15.8. The Morgan fingerprint density at radius 3 is 2.61 bits per heavy atom. The minimum absolute atomic E-state index is 0.0305. The molecule has 0 aliphatic carbocycles. The average molecular weight is 544 g/mol. The molecule has 2 heterocycles. The number of nitrogens with zero attached hydrogens (tertiary/aromatic N) is 1. The van der Waals surface area contributed by atoms with Gasteiger partial charge in [-0.2, -0.15) is 0 Å². The lowest BCUT2D eigenvalue weighted by Gasteiger charge is -2.43. The highest BCUT2D eigenvalue weighted by Gasteiger charge is 2.49. The fourth-order valence-corrected chi connectivity index (χ4v) is 7.51. The Hall–Kier alpha value is -2.95. The summed E-state index contributed by atoms with van der Waals surface area (Å²) in [6.45, 7) is 5.68. The van der Waals surface area contributed by atoms with Crippen LogP contribution < -0.4 is 15.8 Å². The number of nitrogens with one attached hydrogen (secondary N) is 1. The van der Waals surface area contributed by atoms with Crippen LogP contribution in [0, 0.1) is 5.92 Å². The number of aliphatic hydroxyl groups excluding tert-OH is 1. The van der Waals surface area contributed by atoms with Crippen LogP contribution in [0.3, 0.4) is 0 Å². The van der Waals surface area contributed by atoms with E-state index in [4.69, 9.17) is 15.2 Å². The van der Waals surface area contributed by atoms with Gasteiger partial charge in [-0.3, -0.25) is 9.59 Å². The highest BCUT2D eigenvalue weighted by Crippen LogP contribution is 2.48. The third-order valence-corrected chi connectivity index (χ3v) is 10.1. The minimum Gasteiger partial charge on any atom is -0.490 e. The Morgan fingerprint density at radius 1 is 1.26 bits per heavy atom. The molecular formula is C28H38FN3O5Si. The van der Waals surface area contributed by atoms with Gasteiger partial charge >= 0.3 is 0 Å². The molecule has 0 aromatic heterocycles. The standard InChI is InChI=1S/C28H38FN3O5Si/c1-17-26(36-2)22-14-20(31-28(35)18-7-9-19(30)10-8-18)11-12-23(22)37-27(17)24(38(3,4)29)15-25(34)32-13-5-6-21(32)16-33/h7-12,14,17,21,24,26-27,33H,5-6,13,15-16,30H2,1-4H3,(H,31,35)/t17-,21-,24?,26-,27-/m0/s1. The first-order chi connectivity index (χ1) is 18.0. The number of aliphatic hydroxyl groups is 1. The van der Waals surface area contributed by atoms with Gasteiger partial charge in [0.1, 0.15) is 11.9 Å². The summed E-state index contributed by atoms with van der Waals surface area (Å²) in [5, 5.41) is 12.6. The lowest BCUT2D eigenvalue weighted by atomic mass is 9.86. The maximum Gasteiger partial charge on any atom is 0.255 e.